The lowest BCUT2D eigenvalue weighted by Crippen LogP contribution is -2.39. The molecule has 3 N–H and O–H groups in total. The van der Waals surface area contributed by atoms with E-state index in [1.165, 1.54) is 0 Å². The number of nitrogens with one attached hydrogen (secondary N) is 1. The highest BCUT2D eigenvalue weighted by Crippen LogP contribution is 2.23. The van der Waals surface area contributed by atoms with E-state index < -0.39 is 0 Å². The van der Waals surface area contributed by atoms with Crippen molar-refractivity contribution in [2.24, 2.45) is 5.73 Å². The summed E-state index contributed by atoms with van der Waals surface area (Å²) in [5.41, 5.74) is 8.26. The summed E-state index contributed by atoms with van der Waals surface area (Å²) < 4.78 is 5.56. The number of amides is 2. The lowest BCUT2D eigenvalue weighted by molar-refractivity contribution is -0.122. The Labute approximate surface area is 159 Å². The number of nitrogens with zero attached hydrogens (tertiary/aromatic N) is 1. The lowest BCUT2D eigenvalue weighted by Gasteiger charge is -2.23. The predicted molar refractivity (Wildman–Crippen MR) is 104 cm³/mol. The molecule has 0 saturated carbocycles. The summed E-state index contributed by atoms with van der Waals surface area (Å²) in [4.78, 5) is 26.0. The number of rotatable bonds is 7. The molecule has 3 rings (SSSR count). The topological polar surface area (TPSA) is 84.7 Å². The van der Waals surface area contributed by atoms with E-state index in [4.69, 9.17) is 10.5 Å². The number of carbonyl (C=O) groups is 2. The first-order valence-corrected chi connectivity index (χ1v) is 9.13. The molecule has 6 heteroatoms. The zero-order chi connectivity index (χ0) is 19.2. The SMILES string of the molecule is Cc1cccc(OCC(=O)Nc2ccccc2CN2CCCC2C(N)=O)c1. The van der Waals surface area contributed by atoms with Crippen molar-refractivity contribution >= 4 is 17.5 Å². The number of hydrogen-bond donors (Lipinski definition) is 2. The largest absolute Gasteiger partial charge is 0.484 e. The van der Waals surface area contributed by atoms with E-state index >= 15 is 0 Å². The van der Waals surface area contributed by atoms with Gasteiger partial charge in [0.2, 0.25) is 5.91 Å². The molecule has 0 aliphatic carbocycles. The van der Waals surface area contributed by atoms with Gasteiger partial charge in [-0.25, -0.2) is 0 Å². The van der Waals surface area contributed by atoms with Gasteiger partial charge in [0.1, 0.15) is 5.75 Å². The third-order valence-electron chi connectivity index (χ3n) is 4.72. The summed E-state index contributed by atoms with van der Waals surface area (Å²) in [7, 11) is 0. The van der Waals surface area contributed by atoms with Crippen molar-refractivity contribution in [1.29, 1.82) is 0 Å². The van der Waals surface area contributed by atoms with Crippen LogP contribution >= 0.6 is 0 Å². The molecule has 0 bridgehead atoms. The quantitative estimate of drug-likeness (QED) is 0.787. The van der Waals surface area contributed by atoms with Gasteiger partial charge in [0, 0.05) is 12.2 Å². The summed E-state index contributed by atoms with van der Waals surface area (Å²) >= 11 is 0. The van der Waals surface area contributed by atoms with Crippen molar-refractivity contribution in [3.05, 3.63) is 59.7 Å². The van der Waals surface area contributed by atoms with Crippen LogP contribution < -0.4 is 15.8 Å². The summed E-state index contributed by atoms with van der Waals surface area (Å²) in [5.74, 6) is 0.150. The Balaban J connectivity index is 1.61. The monoisotopic (exact) mass is 367 g/mol. The van der Waals surface area contributed by atoms with Crippen molar-refractivity contribution < 1.29 is 14.3 Å². The number of hydrogen-bond acceptors (Lipinski definition) is 4. The Hall–Kier alpha value is -2.86. The van der Waals surface area contributed by atoms with Crippen LogP contribution in [0.1, 0.15) is 24.0 Å². The maximum absolute atomic E-state index is 12.3. The van der Waals surface area contributed by atoms with Crippen molar-refractivity contribution in [2.75, 3.05) is 18.5 Å². The fourth-order valence-corrected chi connectivity index (χ4v) is 3.38. The van der Waals surface area contributed by atoms with E-state index in [0.29, 0.717) is 12.3 Å². The minimum atomic E-state index is -0.291. The first-order valence-electron chi connectivity index (χ1n) is 9.13. The van der Waals surface area contributed by atoms with Gasteiger partial charge in [0.05, 0.1) is 6.04 Å². The molecule has 27 heavy (non-hydrogen) atoms. The van der Waals surface area contributed by atoms with Gasteiger partial charge in [-0.15, -0.1) is 0 Å². The number of para-hydroxylation sites is 1. The first-order chi connectivity index (χ1) is 13.0. The Morgan fingerprint density at radius 3 is 2.81 bits per heavy atom. The zero-order valence-corrected chi connectivity index (χ0v) is 15.5. The molecule has 0 aromatic heterocycles. The maximum atomic E-state index is 12.3. The van der Waals surface area contributed by atoms with Gasteiger partial charge in [-0.3, -0.25) is 14.5 Å². The lowest BCUT2D eigenvalue weighted by atomic mass is 10.1. The number of anilines is 1. The van der Waals surface area contributed by atoms with Gasteiger partial charge >= 0.3 is 0 Å². The van der Waals surface area contributed by atoms with Crippen LogP contribution in [-0.2, 0) is 16.1 Å². The molecule has 1 aliphatic rings. The molecule has 2 aromatic rings. The van der Waals surface area contributed by atoms with Crippen molar-refractivity contribution in [3.8, 4) is 5.75 Å². The van der Waals surface area contributed by atoms with Gasteiger partial charge < -0.3 is 15.8 Å². The summed E-state index contributed by atoms with van der Waals surface area (Å²) in [6, 6.07) is 14.9. The average molecular weight is 367 g/mol. The number of aryl methyl sites for hydroxylation is 1. The molecule has 1 saturated heterocycles. The Morgan fingerprint density at radius 2 is 2.04 bits per heavy atom. The number of ether oxygens (including phenoxy) is 1. The van der Waals surface area contributed by atoms with E-state index in [2.05, 4.69) is 10.2 Å². The van der Waals surface area contributed by atoms with Crippen molar-refractivity contribution in [2.45, 2.75) is 32.4 Å². The second-order valence-electron chi connectivity index (χ2n) is 6.84. The number of primary amides is 1. The maximum Gasteiger partial charge on any atom is 0.262 e. The molecule has 6 nitrogen and oxygen atoms in total. The molecule has 2 aromatic carbocycles. The molecule has 2 amide bonds. The second-order valence-corrected chi connectivity index (χ2v) is 6.84. The molecule has 1 unspecified atom stereocenters. The highest BCUT2D eigenvalue weighted by atomic mass is 16.5. The highest BCUT2D eigenvalue weighted by molar-refractivity contribution is 5.92. The molecular formula is C21H25N3O3. The minimum absolute atomic E-state index is 0.0641. The molecule has 142 valence electrons. The van der Waals surface area contributed by atoms with Crippen LogP contribution in [0.25, 0.3) is 0 Å². The van der Waals surface area contributed by atoms with Crippen molar-refractivity contribution in [3.63, 3.8) is 0 Å². The van der Waals surface area contributed by atoms with Gasteiger partial charge in [0.15, 0.2) is 6.61 Å². The van der Waals surface area contributed by atoms with E-state index in [9.17, 15) is 9.59 Å². The molecule has 0 spiro atoms. The fourth-order valence-electron chi connectivity index (χ4n) is 3.38. The zero-order valence-electron chi connectivity index (χ0n) is 15.5. The Bertz CT molecular complexity index is 822. The predicted octanol–water partition coefficient (Wildman–Crippen LogP) is 2.46. The van der Waals surface area contributed by atoms with Gasteiger partial charge in [-0.05, 0) is 55.6 Å². The standard InChI is InChI=1S/C21H25N3O3/c1-15-6-4-8-17(12-15)27-14-20(25)23-18-9-3-2-7-16(18)13-24-11-5-10-19(24)21(22)26/h2-4,6-9,12,19H,5,10-11,13-14H2,1H3,(H2,22,26)(H,23,25). The molecule has 1 atom stereocenters. The van der Waals surface area contributed by atoms with Crippen LogP contribution in [0.3, 0.4) is 0 Å². The van der Waals surface area contributed by atoms with Crippen LogP contribution in [0.5, 0.6) is 5.75 Å². The van der Waals surface area contributed by atoms with Gasteiger partial charge in [-0.2, -0.15) is 0 Å². The van der Waals surface area contributed by atoms with E-state index in [-0.39, 0.29) is 24.5 Å². The average Bonchev–Trinajstić information content (AvgIpc) is 3.10. The van der Waals surface area contributed by atoms with E-state index in [1.807, 2.05) is 55.5 Å². The fraction of sp³-hybridized carbons (Fsp3) is 0.333. The number of nitrogens with two attached hydrogens (primary N) is 1. The molecule has 0 radical (unpaired) electrons. The summed E-state index contributed by atoms with van der Waals surface area (Å²) in [6.45, 7) is 3.31. The van der Waals surface area contributed by atoms with E-state index in [0.717, 1.165) is 36.2 Å². The third-order valence-corrected chi connectivity index (χ3v) is 4.72. The van der Waals surface area contributed by atoms with Crippen molar-refractivity contribution in [1.82, 2.24) is 4.90 Å². The van der Waals surface area contributed by atoms with Crippen LogP contribution in [-0.4, -0.2) is 35.9 Å². The molecular weight excluding hydrogens is 342 g/mol. The van der Waals surface area contributed by atoms with Gasteiger partial charge in [-0.1, -0.05) is 30.3 Å². The number of likely N-dealkylation sites (tertiary alicyclic amines) is 1. The summed E-state index contributed by atoms with van der Waals surface area (Å²) in [6.07, 6.45) is 1.74. The Morgan fingerprint density at radius 1 is 1.22 bits per heavy atom. The van der Waals surface area contributed by atoms with Crippen LogP contribution in [0, 0.1) is 6.92 Å². The minimum Gasteiger partial charge on any atom is -0.484 e. The summed E-state index contributed by atoms with van der Waals surface area (Å²) in [5, 5.41) is 2.91. The Kier molecular flexibility index (Phi) is 6.08. The molecule has 1 heterocycles. The van der Waals surface area contributed by atoms with E-state index in [1.54, 1.807) is 0 Å². The third kappa shape index (κ3) is 5.08. The first kappa shape index (κ1) is 18.9. The van der Waals surface area contributed by atoms with Crippen LogP contribution in [0.2, 0.25) is 0 Å². The molecule has 1 aliphatic heterocycles. The number of benzene rings is 2. The highest BCUT2D eigenvalue weighted by Gasteiger charge is 2.29. The normalized spacial score (nSPS) is 16.9. The number of carbonyl (C=O) groups excluding carboxylic acids is 2. The van der Waals surface area contributed by atoms with Crippen LogP contribution in [0.15, 0.2) is 48.5 Å². The molecule has 1 fully saturated rings. The van der Waals surface area contributed by atoms with Gasteiger partial charge in [0.25, 0.3) is 5.91 Å². The smallest absolute Gasteiger partial charge is 0.262 e. The second kappa shape index (κ2) is 8.68. The van der Waals surface area contributed by atoms with Crippen LogP contribution in [0.4, 0.5) is 5.69 Å².